The second-order valence-corrected chi connectivity index (χ2v) is 2.10. The molecular weight excluding hydrogens is 131 g/mol. The maximum Gasteiger partial charge on any atom is 0.123 e. The van der Waals surface area contributed by atoms with Crippen LogP contribution in [-0.2, 0) is 0 Å². The van der Waals surface area contributed by atoms with Gasteiger partial charge in [-0.15, -0.1) is 0 Å². The summed E-state index contributed by atoms with van der Waals surface area (Å²) >= 11 is 0. The van der Waals surface area contributed by atoms with Crippen molar-refractivity contribution in [3.05, 3.63) is 41.8 Å². The molecule has 0 aliphatic rings. The standard InChI is InChI=1S/C8H8FO/c1-6(10)7-3-2-4-8(9)5-7/h2-5,10H,1H3. The molecule has 0 heterocycles. The van der Waals surface area contributed by atoms with E-state index in [0.717, 1.165) is 0 Å². The largest absolute Gasteiger partial charge is 0.382 e. The van der Waals surface area contributed by atoms with Gasteiger partial charge in [-0.25, -0.2) is 4.39 Å². The van der Waals surface area contributed by atoms with Crippen LogP contribution >= 0.6 is 0 Å². The molecule has 10 heavy (non-hydrogen) atoms. The summed E-state index contributed by atoms with van der Waals surface area (Å²) < 4.78 is 12.4. The lowest BCUT2D eigenvalue weighted by molar-refractivity contribution is 0.340. The maximum absolute atomic E-state index is 12.4. The van der Waals surface area contributed by atoms with E-state index in [1.54, 1.807) is 12.1 Å². The fraction of sp³-hybridized carbons (Fsp3) is 0.125. The van der Waals surface area contributed by atoms with Gasteiger partial charge in [-0.05, 0) is 24.6 Å². The molecule has 1 aromatic carbocycles. The zero-order chi connectivity index (χ0) is 7.56. The third-order valence-electron chi connectivity index (χ3n) is 1.24. The average molecular weight is 139 g/mol. The number of halogens is 1. The van der Waals surface area contributed by atoms with Crippen LogP contribution in [0.25, 0.3) is 0 Å². The molecule has 0 aliphatic heterocycles. The Balaban J connectivity index is 2.96. The van der Waals surface area contributed by atoms with Gasteiger partial charge in [0.25, 0.3) is 0 Å². The Labute approximate surface area is 59.1 Å². The SMILES string of the molecule is C[C](O)c1cccc(F)c1. The molecule has 0 aliphatic carbocycles. The minimum Gasteiger partial charge on any atom is -0.382 e. The molecule has 0 fully saturated rings. The first kappa shape index (κ1) is 7.22. The van der Waals surface area contributed by atoms with Gasteiger partial charge in [0.05, 0.1) is 0 Å². The van der Waals surface area contributed by atoms with E-state index in [9.17, 15) is 4.39 Å². The summed E-state index contributed by atoms with van der Waals surface area (Å²) in [6.07, 6.45) is 0.138. The predicted molar refractivity (Wildman–Crippen MR) is 36.4 cm³/mol. The van der Waals surface area contributed by atoms with Crippen molar-refractivity contribution in [2.24, 2.45) is 0 Å². The first-order chi connectivity index (χ1) is 4.70. The molecule has 1 rings (SSSR count). The highest BCUT2D eigenvalue weighted by molar-refractivity contribution is 5.25. The van der Waals surface area contributed by atoms with E-state index in [2.05, 4.69) is 0 Å². The van der Waals surface area contributed by atoms with Crippen molar-refractivity contribution in [3.63, 3.8) is 0 Å². The maximum atomic E-state index is 12.4. The van der Waals surface area contributed by atoms with Crippen molar-refractivity contribution in [2.45, 2.75) is 6.92 Å². The molecule has 0 saturated carbocycles. The number of rotatable bonds is 1. The van der Waals surface area contributed by atoms with Crippen LogP contribution in [-0.4, -0.2) is 5.11 Å². The molecule has 0 saturated heterocycles. The Hall–Kier alpha value is -0.890. The molecule has 0 unspecified atom stereocenters. The molecule has 1 aromatic rings. The van der Waals surface area contributed by atoms with Crippen LogP contribution in [0.2, 0.25) is 0 Å². The molecular formula is C8H8FO. The van der Waals surface area contributed by atoms with E-state index < -0.39 is 0 Å². The van der Waals surface area contributed by atoms with Gasteiger partial charge < -0.3 is 5.11 Å². The molecule has 53 valence electrons. The van der Waals surface area contributed by atoms with Crippen molar-refractivity contribution in [2.75, 3.05) is 0 Å². The molecule has 0 spiro atoms. The van der Waals surface area contributed by atoms with Crippen LogP contribution in [0, 0.1) is 11.9 Å². The third kappa shape index (κ3) is 1.54. The number of benzene rings is 1. The van der Waals surface area contributed by atoms with Gasteiger partial charge in [0.15, 0.2) is 0 Å². The summed E-state index contributed by atoms with van der Waals surface area (Å²) in [5, 5.41) is 8.90. The van der Waals surface area contributed by atoms with E-state index in [4.69, 9.17) is 5.11 Å². The molecule has 2 heteroatoms. The van der Waals surface area contributed by atoms with Crippen LogP contribution in [0.5, 0.6) is 0 Å². The number of hydrogen-bond acceptors (Lipinski definition) is 1. The molecule has 0 atom stereocenters. The van der Waals surface area contributed by atoms with Crippen LogP contribution in [0.15, 0.2) is 24.3 Å². The molecule has 0 aromatic heterocycles. The Kier molecular flexibility index (Phi) is 2.02. The Morgan fingerprint density at radius 3 is 2.60 bits per heavy atom. The van der Waals surface area contributed by atoms with Gasteiger partial charge in [0.1, 0.15) is 11.9 Å². The van der Waals surface area contributed by atoms with Crippen LogP contribution in [0.3, 0.4) is 0 Å². The monoisotopic (exact) mass is 139 g/mol. The van der Waals surface area contributed by atoms with Gasteiger partial charge in [-0.1, -0.05) is 12.1 Å². The number of aliphatic hydroxyl groups is 1. The van der Waals surface area contributed by atoms with Crippen LogP contribution in [0.1, 0.15) is 12.5 Å². The molecule has 1 nitrogen and oxygen atoms in total. The summed E-state index contributed by atoms with van der Waals surface area (Å²) in [6, 6.07) is 5.84. The Bertz CT molecular complexity index is 220. The smallest absolute Gasteiger partial charge is 0.123 e. The van der Waals surface area contributed by atoms with Gasteiger partial charge in [0, 0.05) is 0 Å². The van der Waals surface area contributed by atoms with E-state index in [0.29, 0.717) is 5.56 Å². The first-order valence-corrected chi connectivity index (χ1v) is 2.98. The highest BCUT2D eigenvalue weighted by Gasteiger charge is 2.00. The van der Waals surface area contributed by atoms with Gasteiger partial charge in [-0.3, -0.25) is 0 Å². The summed E-state index contributed by atoms with van der Waals surface area (Å²) in [5.41, 5.74) is 0.528. The van der Waals surface area contributed by atoms with E-state index in [-0.39, 0.29) is 11.9 Å². The molecule has 1 N–H and O–H groups in total. The van der Waals surface area contributed by atoms with Crippen LogP contribution in [0.4, 0.5) is 4.39 Å². The van der Waals surface area contributed by atoms with Crippen molar-refractivity contribution < 1.29 is 9.50 Å². The fourth-order valence-electron chi connectivity index (χ4n) is 0.714. The van der Waals surface area contributed by atoms with Gasteiger partial charge in [-0.2, -0.15) is 0 Å². The van der Waals surface area contributed by atoms with Crippen molar-refractivity contribution in [3.8, 4) is 0 Å². The number of hydrogen-bond donors (Lipinski definition) is 1. The topological polar surface area (TPSA) is 20.2 Å². The predicted octanol–water partition coefficient (Wildman–Crippen LogP) is 2.10. The van der Waals surface area contributed by atoms with Crippen molar-refractivity contribution in [1.82, 2.24) is 0 Å². The van der Waals surface area contributed by atoms with Crippen LogP contribution < -0.4 is 0 Å². The second-order valence-electron chi connectivity index (χ2n) is 2.10. The average Bonchev–Trinajstić information content (AvgIpc) is 1.88. The lowest BCUT2D eigenvalue weighted by Gasteiger charge is -2.00. The lowest BCUT2D eigenvalue weighted by atomic mass is 10.1. The summed E-state index contributed by atoms with van der Waals surface area (Å²) in [5.74, 6) is -0.328. The number of aliphatic hydroxyl groups excluding tert-OH is 1. The highest BCUT2D eigenvalue weighted by atomic mass is 19.1. The molecule has 0 bridgehead atoms. The minimum atomic E-state index is -0.328. The third-order valence-corrected chi connectivity index (χ3v) is 1.24. The van der Waals surface area contributed by atoms with Crippen molar-refractivity contribution >= 4 is 0 Å². The zero-order valence-corrected chi connectivity index (χ0v) is 5.63. The highest BCUT2D eigenvalue weighted by Crippen LogP contribution is 2.11. The normalized spacial score (nSPS) is 10.4. The Morgan fingerprint density at radius 1 is 1.50 bits per heavy atom. The quantitative estimate of drug-likeness (QED) is 0.631. The summed E-state index contributed by atoms with van der Waals surface area (Å²) in [6.45, 7) is 1.52. The fourth-order valence-corrected chi connectivity index (χ4v) is 0.714. The first-order valence-electron chi connectivity index (χ1n) is 2.98. The molecule has 0 amide bonds. The van der Waals surface area contributed by atoms with Gasteiger partial charge in [0.2, 0.25) is 0 Å². The lowest BCUT2D eigenvalue weighted by Crippen LogP contribution is -1.91. The van der Waals surface area contributed by atoms with E-state index in [1.807, 2.05) is 0 Å². The van der Waals surface area contributed by atoms with Crippen molar-refractivity contribution in [1.29, 1.82) is 0 Å². The second kappa shape index (κ2) is 2.80. The van der Waals surface area contributed by atoms with Gasteiger partial charge >= 0.3 is 0 Å². The van der Waals surface area contributed by atoms with E-state index >= 15 is 0 Å². The minimum absolute atomic E-state index is 0.138. The summed E-state index contributed by atoms with van der Waals surface area (Å²) in [4.78, 5) is 0. The van der Waals surface area contributed by atoms with E-state index in [1.165, 1.54) is 19.1 Å². The summed E-state index contributed by atoms with van der Waals surface area (Å²) in [7, 11) is 0. The Morgan fingerprint density at radius 2 is 2.20 bits per heavy atom. The molecule has 1 radical (unpaired) electrons. The zero-order valence-electron chi connectivity index (χ0n) is 5.63.